The number of carbonyl (C=O) groups is 19. The summed E-state index contributed by atoms with van der Waals surface area (Å²) in [5, 5.41) is 85.7. The number of amides is 17. The van der Waals surface area contributed by atoms with Crippen molar-refractivity contribution in [3.05, 3.63) is 167 Å². The van der Waals surface area contributed by atoms with Gasteiger partial charge in [0.05, 0.1) is 30.9 Å². The van der Waals surface area contributed by atoms with Crippen LogP contribution in [0, 0.1) is 28.6 Å². The number of guanidine groups is 2. The Morgan fingerprint density at radius 3 is 1.42 bits per heavy atom. The summed E-state index contributed by atoms with van der Waals surface area (Å²) in [5.41, 5.74) is 25.6. The van der Waals surface area contributed by atoms with Gasteiger partial charge < -0.3 is 133 Å². The second kappa shape index (κ2) is 56.8. The van der Waals surface area contributed by atoms with E-state index in [0.29, 0.717) is 39.4 Å². The van der Waals surface area contributed by atoms with Crippen LogP contribution < -0.4 is 103 Å². The summed E-state index contributed by atoms with van der Waals surface area (Å²) in [5.74, 6) is -25.5. The zero-order valence-electron chi connectivity index (χ0n) is 81.5. The highest BCUT2D eigenvalue weighted by Gasteiger charge is 2.42. The molecular formula is C97H132N24O22S. The number of nitrogens with one attached hydrogen (secondary N) is 18. The van der Waals surface area contributed by atoms with Crippen LogP contribution in [0.3, 0.4) is 0 Å². The number of aliphatic carboxylic acids is 1. The van der Waals surface area contributed by atoms with Crippen LogP contribution >= 0.6 is 11.8 Å². The summed E-state index contributed by atoms with van der Waals surface area (Å²) < 4.78 is 0. The Labute approximate surface area is 835 Å². The molecule has 7 rings (SSSR count). The number of primary amides is 2. The number of hydrogen-bond acceptors (Lipinski definition) is 23. The predicted molar refractivity (Wildman–Crippen MR) is 532 cm³/mol. The first kappa shape index (κ1) is 115. The number of aliphatic hydroxyl groups is 1. The zero-order valence-corrected chi connectivity index (χ0v) is 82.3. The molecule has 5 aromatic carbocycles. The normalized spacial score (nSPS) is 22.3. The first-order valence-electron chi connectivity index (χ1n) is 46.9. The maximum Gasteiger partial charge on any atom is 0.335 e. The summed E-state index contributed by atoms with van der Waals surface area (Å²) in [6.07, 6.45) is -2.99. The molecule has 0 aliphatic carbocycles. The fourth-order valence-electron chi connectivity index (χ4n) is 15.6. The Kier molecular flexibility index (Phi) is 45.5. The zero-order chi connectivity index (χ0) is 106. The van der Waals surface area contributed by atoms with Gasteiger partial charge in [0.15, 0.2) is 11.9 Å². The molecular weight excluding hydrogens is 1890 g/mol. The van der Waals surface area contributed by atoms with Gasteiger partial charge in [0.1, 0.15) is 84.6 Å². The van der Waals surface area contributed by atoms with E-state index in [0.717, 1.165) is 33.1 Å². The molecule has 6 aromatic rings. The van der Waals surface area contributed by atoms with Crippen LogP contribution in [0.2, 0.25) is 0 Å². The van der Waals surface area contributed by atoms with Crippen LogP contribution in [-0.4, -0.2) is 291 Å². The number of thioether (sulfide) groups is 1. The van der Waals surface area contributed by atoms with Crippen LogP contribution in [-0.2, 0) is 112 Å². The lowest BCUT2D eigenvalue weighted by atomic mass is 9.98. The molecule has 778 valence electrons. The van der Waals surface area contributed by atoms with E-state index in [4.69, 9.17) is 33.8 Å². The molecule has 0 unspecified atom stereocenters. The minimum Gasteiger partial charge on any atom is -0.481 e. The molecule has 1 fully saturated rings. The van der Waals surface area contributed by atoms with Gasteiger partial charge in [-0.2, -0.15) is 0 Å². The van der Waals surface area contributed by atoms with Crippen molar-refractivity contribution in [1.29, 1.82) is 10.8 Å². The van der Waals surface area contributed by atoms with Gasteiger partial charge >= 0.3 is 11.9 Å². The molecule has 0 saturated carbocycles. The Balaban J connectivity index is 1.37. The van der Waals surface area contributed by atoms with Crippen molar-refractivity contribution in [2.75, 3.05) is 51.8 Å². The average Bonchev–Trinajstić information content (AvgIpc) is 1.71. The van der Waals surface area contributed by atoms with E-state index in [9.17, 15) is 63.3 Å². The SMILES string of the molecule is CC(C)C[C@@H]1NC(=O)[C@H](CCCNC(=N)N)NC(=O)[C@H](Cc2ccccc2)N(C)C(=O)[C@H](C)N(C)C(=O)[C@H](CCCNC(=N)N)NC(=O)[C@H](Cc2ccc(-c3ccccc3)cc2)NC(=O)[C@H](C(C)C)NC(=O)[C@H](Cc2c[nH]c3ccccc23)NC(=O)[C@H](CC(=O)O)NC(=O)[C@H](Cc2ccc(C(=O)O)cc2)NC(=O)[C@H](CCC(N)=O)NC(=O)CSC[C@@H](C(=O)NCC(N)=O)NC(=O)[C@H](CO)NC(=O)[C@H](C(C)C)NC1=O. The van der Waals surface area contributed by atoms with Crippen molar-refractivity contribution in [2.45, 2.75) is 210 Å². The number of para-hydroxylation sites is 1. The summed E-state index contributed by atoms with van der Waals surface area (Å²) in [4.78, 5) is 279. The number of nitrogens with two attached hydrogens (primary N) is 4. The third kappa shape index (κ3) is 36.8. The van der Waals surface area contributed by atoms with E-state index in [1.165, 1.54) is 53.2 Å². The standard InChI is InChI=1S/C97H132N24O22S/c1-51(2)40-67-87(134)118-80(53(5)6)92(139)116-72(48-122)89(136)117-73(81(128)107-47-76(99)124)49-144-50-77(125)108-65(36-37-75(98)123)83(130)112-68(41-57-30-34-60(35-31-57)95(142)143)85(132)114-71(45-78(126)127)86(133)113-70(44-61-46-106-63-25-17-16-24-62(61)63)88(135)119-79(52(3)4)91(138)115-69(42-56-28-32-59(33-29-56)58-22-14-11-15-23-58)84(131)110-66(27-19-39-105-97(102)103)94(141)120(8)54(7)93(140)121(9)74(43-55-20-12-10-13-21-55)90(137)109-64(82(129)111-67)26-18-38-104-96(100)101/h10-17,20-25,28-35,46,51-54,64-74,79-80,106,122H,18-19,26-27,36-45,47-50H2,1-9H3,(H2,98,123)(H2,99,124)(H,107,128)(H,108,125)(H,109,137)(H,110,131)(H,111,129)(H,112,130)(H,113,133)(H,114,132)(H,115,138)(H,116,139)(H,117,136)(H,118,134)(H,119,135)(H,126,127)(H,142,143)(H4,100,101,104)(H4,102,103,105)/t54-,64-,65-,66-,67-,68-,69-,70-,71-,72-,73-,74-,79-,80-/m0/s1. The number of aromatic amines is 1. The number of carboxylic acids is 2. The van der Waals surface area contributed by atoms with Gasteiger partial charge in [-0.25, -0.2) is 4.79 Å². The lowest BCUT2D eigenvalue weighted by Gasteiger charge is -2.35. The summed E-state index contributed by atoms with van der Waals surface area (Å²) >= 11 is 0.612. The van der Waals surface area contributed by atoms with Gasteiger partial charge in [-0.15, -0.1) is 11.8 Å². The molecule has 1 aromatic heterocycles. The number of nitrogens with zero attached hydrogens (tertiary/aromatic N) is 2. The third-order valence-corrected chi connectivity index (χ3v) is 24.6. The largest absolute Gasteiger partial charge is 0.481 e. The van der Waals surface area contributed by atoms with Crippen molar-refractivity contribution in [3.8, 4) is 11.1 Å². The number of carbonyl (C=O) groups excluding carboxylic acids is 17. The smallest absolute Gasteiger partial charge is 0.335 e. The van der Waals surface area contributed by atoms with Crippen molar-refractivity contribution in [2.24, 2.45) is 40.7 Å². The fourth-order valence-corrected chi connectivity index (χ4v) is 16.4. The van der Waals surface area contributed by atoms with Gasteiger partial charge in [0.25, 0.3) is 0 Å². The molecule has 47 heteroatoms. The number of likely N-dealkylation sites (N-methyl/N-ethyl adjacent to an activating group) is 2. The van der Waals surface area contributed by atoms with Crippen molar-refractivity contribution >= 4 is 147 Å². The lowest BCUT2D eigenvalue weighted by Crippen LogP contribution is -2.62. The maximum absolute atomic E-state index is 15.6. The molecule has 14 atom stereocenters. The summed E-state index contributed by atoms with van der Waals surface area (Å²) in [7, 11) is 2.55. The molecule has 0 bridgehead atoms. The highest BCUT2D eigenvalue weighted by atomic mass is 32.2. The quantitative estimate of drug-likeness (QED) is 0.0119. The predicted octanol–water partition coefficient (Wildman–Crippen LogP) is -2.74. The number of benzene rings is 5. The van der Waals surface area contributed by atoms with Crippen LogP contribution in [0.1, 0.15) is 132 Å². The van der Waals surface area contributed by atoms with Crippen LogP contribution in [0.15, 0.2) is 140 Å². The van der Waals surface area contributed by atoms with Gasteiger partial charge in [-0.1, -0.05) is 157 Å². The van der Waals surface area contributed by atoms with E-state index in [1.54, 1.807) is 107 Å². The number of rotatable bonds is 31. The van der Waals surface area contributed by atoms with Crippen LogP contribution in [0.4, 0.5) is 0 Å². The summed E-state index contributed by atoms with van der Waals surface area (Å²) in [6.45, 7) is 8.84. The molecule has 29 N–H and O–H groups in total. The topological polar surface area (TPSA) is 740 Å². The van der Waals surface area contributed by atoms with E-state index < -0.39 is 277 Å². The van der Waals surface area contributed by atoms with Crippen LogP contribution in [0.25, 0.3) is 22.0 Å². The Bertz CT molecular complexity index is 5540. The minimum atomic E-state index is -2.17. The number of carboxylic acid groups (broad SMARTS) is 2. The molecule has 1 aliphatic heterocycles. The number of H-pyrrole nitrogens is 1. The van der Waals surface area contributed by atoms with E-state index >= 15 is 43.2 Å². The monoisotopic (exact) mass is 2020 g/mol. The van der Waals surface area contributed by atoms with Crippen molar-refractivity contribution in [1.82, 2.24) is 94.5 Å². The highest BCUT2D eigenvalue weighted by Crippen LogP contribution is 2.25. The fraction of sp³-hybridized carbons (Fsp3) is 0.454. The molecule has 144 heavy (non-hydrogen) atoms. The van der Waals surface area contributed by atoms with Crippen molar-refractivity contribution < 1.29 is 106 Å². The molecule has 0 radical (unpaired) electrons. The second-order valence-corrected chi connectivity index (χ2v) is 37.1. The Morgan fingerprint density at radius 1 is 0.451 bits per heavy atom. The molecule has 1 saturated heterocycles. The molecule has 46 nitrogen and oxygen atoms in total. The molecule has 0 spiro atoms. The highest BCUT2D eigenvalue weighted by molar-refractivity contribution is 8.00. The molecule has 1 aliphatic rings. The first-order chi connectivity index (χ1) is 68.2. The van der Waals surface area contributed by atoms with E-state index in [1.807, 2.05) is 30.3 Å². The first-order valence-corrected chi connectivity index (χ1v) is 48.0. The maximum atomic E-state index is 15.6. The van der Waals surface area contributed by atoms with Gasteiger partial charge in [0.2, 0.25) is 100 Å². The Morgan fingerprint density at radius 2 is 0.896 bits per heavy atom. The average molecular weight is 2020 g/mol. The van der Waals surface area contributed by atoms with Crippen LogP contribution in [0.5, 0.6) is 0 Å². The minimum absolute atomic E-state index is 0.0122. The lowest BCUT2D eigenvalue weighted by molar-refractivity contribution is -0.148. The van der Waals surface area contributed by atoms with E-state index in [-0.39, 0.29) is 75.1 Å². The van der Waals surface area contributed by atoms with E-state index in [2.05, 4.69) is 84.7 Å². The Hall–Kier alpha value is -15.6. The number of aromatic carboxylic acids is 1. The number of aliphatic hydroxyl groups excluding tert-OH is 1. The second-order valence-electron chi connectivity index (χ2n) is 36.0. The van der Waals surface area contributed by atoms with Crippen molar-refractivity contribution in [3.63, 3.8) is 0 Å². The molecule has 17 amide bonds. The van der Waals surface area contributed by atoms with Gasteiger partial charge in [0, 0.05) is 82.1 Å². The molecule has 2 heterocycles. The third-order valence-electron chi connectivity index (χ3n) is 23.6. The number of aromatic nitrogens is 1. The van der Waals surface area contributed by atoms with Gasteiger partial charge in [-0.3, -0.25) is 97.1 Å². The number of fused-ring (bicyclic) bond motifs is 1. The summed E-state index contributed by atoms with van der Waals surface area (Å²) in [6, 6.07) is 12.2. The van der Waals surface area contributed by atoms with Gasteiger partial charge in [-0.05, 0) is 115 Å². The number of hydrogen-bond donors (Lipinski definition) is 25.